The number of hydrogen-bond donors (Lipinski definition) is 0. The monoisotopic (exact) mass is 348 g/mol. The largest absolute Gasteiger partial charge is 0.493 e. The zero-order chi connectivity index (χ0) is 14.8. The third kappa shape index (κ3) is 4.21. The number of benzene rings is 1. The van der Waals surface area contributed by atoms with Crippen LogP contribution >= 0.6 is 15.9 Å². The van der Waals surface area contributed by atoms with E-state index in [4.69, 9.17) is 4.74 Å². The van der Waals surface area contributed by atoms with Crippen molar-refractivity contribution < 1.29 is 13.2 Å². The number of sulfone groups is 1. The maximum Gasteiger partial charge on any atom is 0.158 e. The van der Waals surface area contributed by atoms with E-state index in [1.807, 2.05) is 26.0 Å². The fourth-order valence-electron chi connectivity index (χ4n) is 1.56. The summed E-state index contributed by atoms with van der Waals surface area (Å²) in [6.45, 7) is 9.26. The van der Waals surface area contributed by atoms with E-state index in [0.717, 1.165) is 15.6 Å². The van der Waals surface area contributed by atoms with Crippen molar-refractivity contribution in [3.8, 4) is 5.75 Å². The number of halogens is 1. The lowest BCUT2D eigenvalue weighted by Gasteiger charge is -2.19. The minimum Gasteiger partial charge on any atom is -0.493 e. The van der Waals surface area contributed by atoms with Crippen molar-refractivity contribution in [1.29, 1.82) is 0 Å². The van der Waals surface area contributed by atoms with Gasteiger partial charge in [-0.2, -0.15) is 0 Å². The lowest BCUT2D eigenvalue weighted by Crippen LogP contribution is -2.32. The standard InChI is InChI=1S/C14H21BrO3S/c1-10-8-12(9-11(2)13(10)15)18-6-7-19(16,17)14(3,4)5/h8-9H,6-7H2,1-5H3. The van der Waals surface area contributed by atoms with Gasteiger partial charge in [0, 0.05) is 4.47 Å². The molecule has 1 aromatic carbocycles. The lowest BCUT2D eigenvalue weighted by atomic mass is 10.1. The van der Waals surface area contributed by atoms with Crippen LogP contribution in [0.2, 0.25) is 0 Å². The van der Waals surface area contributed by atoms with Gasteiger partial charge in [0.1, 0.15) is 12.4 Å². The van der Waals surface area contributed by atoms with Crippen molar-refractivity contribution in [1.82, 2.24) is 0 Å². The zero-order valence-electron chi connectivity index (χ0n) is 12.1. The Labute approximate surface area is 124 Å². The van der Waals surface area contributed by atoms with E-state index in [2.05, 4.69) is 15.9 Å². The predicted octanol–water partition coefficient (Wildman–Crippen LogP) is 3.66. The Morgan fingerprint density at radius 1 is 1.16 bits per heavy atom. The highest BCUT2D eigenvalue weighted by molar-refractivity contribution is 9.10. The first-order chi connectivity index (χ1) is 8.54. The normalized spacial score (nSPS) is 12.5. The van der Waals surface area contributed by atoms with E-state index in [-0.39, 0.29) is 12.4 Å². The second kappa shape index (κ2) is 5.83. The topological polar surface area (TPSA) is 43.4 Å². The Hall–Kier alpha value is -0.550. The molecule has 0 radical (unpaired) electrons. The molecule has 0 saturated heterocycles. The van der Waals surface area contributed by atoms with Crippen LogP contribution in [0.1, 0.15) is 31.9 Å². The van der Waals surface area contributed by atoms with Crippen LogP contribution in [-0.4, -0.2) is 25.5 Å². The van der Waals surface area contributed by atoms with Gasteiger partial charge in [0.05, 0.1) is 10.5 Å². The van der Waals surface area contributed by atoms with Crippen molar-refractivity contribution in [3.05, 3.63) is 27.7 Å². The molecule has 0 amide bonds. The molecular formula is C14H21BrO3S. The molecule has 0 fully saturated rings. The molecule has 5 heteroatoms. The molecule has 0 unspecified atom stereocenters. The van der Waals surface area contributed by atoms with Crippen molar-refractivity contribution in [2.45, 2.75) is 39.4 Å². The second-order valence-corrected chi connectivity index (χ2v) is 9.31. The first-order valence-corrected chi connectivity index (χ1v) is 8.61. The molecule has 1 aromatic rings. The number of ether oxygens (including phenoxy) is 1. The van der Waals surface area contributed by atoms with Crippen LogP contribution in [0.25, 0.3) is 0 Å². The fourth-order valence-corrected chi connectivity index (χ4v) is 2.71. The van der Waals surface area contributed by atoms with Gasteiger partial charge in [0.25, 0.3) is 0 Å². The van der Waals surface area contributed by atoms with Gasteiger partial charge in [-0.1, -0.05) is 15.9 Å². The van der Waals surface area contributed by atoms with E-state index in [9.17, 15) is 8.42 Å². The molecule has 0 aliphatic rings. The highest BCUT2D eigenvalue weighted by atomic mass is 79.9. The molecule has 0 aromatic heterocycles. The Bertz CT molecular complexity index is 534. The predicted molar refractivity (Wildman–Crippen MR) is 82.7 cm³/mol. The van der Waals surface area contributed by atoms with Gasteiger partial charge in [-0.15, -0.1) is 0 Å². The van der Waals surface area contributed by atoms with E-state index < -0.39 is 14.6 Å². The van der Waals surface area contributed by atoms with Gasteiger partial charge in [0.15, 0.2) is 9.84 Å². The minimum absolute atomic E-state index is 0.0324. The van der Waals surface area contributed by atoms with Crippen molar-refractivity contribution in [3.63, 3.8) is 0 Å². The van der Waals surface area contributed by atoms with Crippen molar-refractivity contribution in [2.24, 2.45) is 0 Å². The van der Waals surface area contributed by atoms with Crippen LogP contribution in [0.5, 0.6) is 5.75 Å². The summed E-state index contributed by atoms with van der Waals surface area (Å²) in [7, 11) is -3.13. The number of rotatable bonds is 4. The molecule has 1 rings (SSSR count). The number of hydrogen-bond acceptors (Lipinski definition) is 3. The Balaban J connectivity index is 2.70. The summed E-state index contributed by atoms with van der Waals surface area (Å²) >= 11 is 3.49. The molecule has 0 atom stereocenters. The van der Waals surface area contributed by atoms with Gasteiger partial charge < -0.3 is 4.74 Å². The van der Waals surface area contributed by atoms with Crippen LogP contribution in [-0.2, 0) is 9.84 Å². The Morgan fingerprint density at radius 2 is 1.63 bits per heavy atom. The molecule has 0 aliphatic carbocycles. The molecule has 0 bridgehead atoms. The average molecular weight is 349 g/mol. The van der Waals surface area contributed by atoms with Gasteiger partial charge >= 0.3 is 0 Å². The highest BCUT2D eigenvalue weighted by Gasteiger charge is 2.28. The van der Waals surface area contributed by atoms with Gasteiger partial charge in [-0.3, -0.25) is 0 Å². The maximum absolute atomic E-state index is 11.9. The van der Waals surface area contributed by atoms with Crippen LogP contribution < -0.4 is 4.74 Å². The summed E-state index contributed by atoms with van der Waals surface area (Å²) in [4.78, 5) is 0. The Kier molecular flexibility index (Phi) is 5.07. The molecule has 0 aliphatic heterocycles. The van der Waals surface area contributed by atoms with Crippen molar-refractivity contribution >= 4 is 25.8 Å². The summed E-state index contributed by atoms with van der Waals surface area (Å²) in [6, 6.07) is 3.81. The molecular weight excluding hydrogens is 328 g/mol. The third-order valence-corrected chi connectivity index (χ3v) is 6.78. The van der Waals surface area contributed by atoms with Gasteiger partial charge in [-0.05, 0) is 57.9 Å². The molecule has 0 heterocycles. The van der Waals surface area contributed by atoms with Gasteiger partial charge in [-0.25, -0.2) is 8.42 Å². The average Bonchev–Trinajstić information content (AvgIpc) is 2.24. The SMILES string of the molecule is Cc1cc(OCCS(=O)(=O)C(C)(C)C)cc(C)c1Br. The molecule has 108 valence electrons. The quantitative estimate of drug-likeness (QED) is 0.833. The van der Waals surface area contributed by atoms with E-state index in [1.165, 1.54) is 0 Å². The van der Waals surface area contributed by atoms with Gasteiger partial charge in [0.2, 0.25) is 0 Å². The molecule has 0 spiro atoms. The van der Waals surface area contributed by atoms with Crippen LogP contribution in [0.15, 0.2) is 16.6 Å². The molecule has 19 heavy (non-hydrogen) atoms. The van der Waals surface area contributed by atoms with Crippen LogP contribution in [0, 0.1) is 13.8 Å². The van der Waals surface area contributed by atoms with E-state index in [0.29, 0.717) is 5.75 Å². The first-order valence-electron chi connectivity index (χ1n) is 6.16. The Morgan fingerprint density at radius 3 is 2.05 bits per heavy atom. The summed E-state index contributed by atoms with van der Waals surface area (Å²) in [5.74, 6) is 0.743. The van der Waals surface area contributed by atoms with Crippen molar-refractivity contribution in [2.75, 3.05) is 12.4 Å². The third-order valence-electron chi connectivity index (χ3n) is 2.96. The maximum atomic E-state index is 11.9. The molecule has 0 N–H and O–H groups in total. The summed E-state index contributed by atoms with van der Waals surface area (Å²) in [5.41, 5.74) is 2.15. The highest BCUT2D eigenvalue weighted by Crippen LogP contribution is 2.26. The van der Waals surface area contributed by atoms with E-state index >= 15 is 0 Å². The fraction of sp³-hybridized carbons (Fsp3) is 0.571. The van der Waals surface area contributed by atoms with Crippen LogP contribution in [0.3, 0.4) is 0 Å². The van der Waals surface area contributed by atoms with Crippen LogP contribution in [0.4, 0.5) is 0 Å². The summed E-state index contributed by atoms with van der Waals surface area (Å²) < 4.78 is 29.8. The van der Waals surface area contributed by atoms with E-state index in [1.54, 1.807) is 20.8 Å². The minimum atomic E-state index is -3.13. The molecule has 0 saturated carbocycles. The second-order valence-electron chi connectivity index (χ2n) is 5.65. The zero-order valence-corrected chi connectivity index (χ0v) is 14.5. The number of aryl methyl sites for hydroxylation is 2. The smallest absolute Gasteiger partial charge is 0.158 e. The summed E-state index contributed by atoms with van der Waals surface area (Å²) in [6.07, 6.45) is 0. The lowest BCUT2D eigenvalue weighted by molar-refractivity contribution is 0.339. The first kappa shape index (κ1) is 16.5. The molecule has 3 nitrogen and oxygen atoms in total. The summed E-state index contributed by atoms with van der Waals surface area (Å²) in [5, 5.41) is 0.